The summed E-state index contributed by atoms with van der Waals surface area (Å²) >= 11 is 0. The van der Waals surface area contributed by atoms with E-state index in [4.69, 9.17) is 0 Å². The van der Waals surface area contributed by atoms with Crippen molar-refractivity contribution in [1.82, 2.24) is 5.32 Å². The van der Waals surface area contributed by atoms with Crippen LogP contribution in [0, 0.1) is 0 Å². The molecule has 0 saturated carbocycles. The van der Waals surface area contributed by atoms with Crippen LogP contribution in [0.4, 0.5) is 0 Å². The fourth-order valence-electron chi connectivity index (χ4n) is 2.18. The summed E-state index contributed by atoms with van der Waals surface area (Å²) in [6.07, 6.45) is 1.08. The predicted octanol–water partition coefficient (Wildman–Crippen LogP) is 1.34. The first-order valence-electron chi connectivity index (χ1n) is 7.24. The highest BCUT2D eigenvalue weighted by Crippen LogP contribution is 2.07. The van der Waals surface area contributed by atoms with Crippen LogP contribution in [-0.2, 0) is 17.6 Å². The fourth-order valence-corrected chi connectivity index (χ4v) is 2.18. The van der Waals surface area contributed by atoms with Crippen LogP contribution < -0.4 is 10.4 Å². The SMILES string of the molecule is CCc1ccc(C(=O)N[C@H](Cc2ccccc2)C(=O)[O-])cc1. The van der Waals surface area contributed by atoms with Gasteiger partial charge in [0.05, 0.1) is 12.0 Å². The lowest BCUT2D eigenvalue weighted by molar-refractivity contribution is -0.308. The van der Waals surface area contributed by atoms with Crippen molar-refractivity contribution in [2.75, 3.05) is 0 Å². The highest BCUT2D eigenvalue weighted by molar-refractivity contribution is 5.96. The monoisotopic (exact) mass is 296 g/mol. The van der Waals surface area contributed by atoms with Gasteiger partial charge in [-0.2, -0.15) is 0 Å². The van der Waals surface area contributed by atoms with E-state index in [1.54, 1.807) is 12.1 Å². The molecule has 0 aliphatic rings. The molecule has 0 unspecified atom stereocenters. The van der Waals surface area contributed by atoms with Gasteiger partial charge in [-0.3, -0.25) is 4.79 Å². The van der Waals surface area contributed by atoms with Gasteiger partial charge >= 0.3 is 0 Å². The maximum Gasteiger partial charge on any atom is 0.251 e. The molecule has 0 fully saturated rings. The average molecular weight is 296 g/mol. The van der Waals surface area contributed by atoms with Crippen molar-refractivity contribution >= 4 is 11.9 Å². The second kappa shape index (κ2) is 7.41. The largest absolute Gasteiger partial charge is 0.548 e. The zero-order chi connectivity index (χ0) is 15.9. The third kappa shape index (κ3) is 4.19. The lowest BCUT2D eigenvalue weighted by atomic mass is 10.0. The Balaban J connectivity index is 2.06. The fraction of sp³-hybridized carbons (Fsp3) is 0.222. The zero-order valence-electron chi connectivity index (χ0n) is 12.4. The second-order valence-electron chi connectivity index (χ2n) is 5.09. The summed E-state index contributed by atoms with van der Waals surface area (Å²) in [6, 6.07) is 15.2. The number of carboxylic acids is 1. The van der Waals surface area contributed by atoms with Gasteiger partial charge in [0.25, 0.3) is 5.91 Å². The molecule has 4 heteroatoms. The first-order chi connectivity index (χ1) is 10.6. The number of carbonyl (C=O) groups excluding carboxylic acids is 2. The Morgan fingerprint density at radius 3 is 2.18 bits per heavy atom. The summed E-state index contributed by atoms with van der Waals surface area (Å²) in [7, 11) is 0. The quantitative estimate of drug-likeness (QED) is 0.874. The molecule has 114 valence electrons. The number of rotatable bonds is 6. The Morgan fingerprint density at radius 1 is 1.00 bits per heavy atom. The number of hydrogen-bond donors (Lipinski definition) is 1. The van der Waals surface area contributed by atoms with Crippen molar-refractivity contribution in [2.45, 2.75) is 25.8 Å². The number of amides is 1. The molecule has 0 radical (unpaired) electrons. The Bertz CT molecular complexity index is 635. The molecule has 0 saturated heterocycles. The van der Waals surface area contributed by atoms with E-state index in [9.17, 15) is 14.7 Å². The zero-order valence-corrected chi connectivity index (χ0v) is 12.4. The lowest BCUT2D eigenvalue weighted by Gasteiger charge is -2.20. The van der Waals surface area contributed by atoms with Crippen LogP contribution in [0.25, 0.3) is 0 Å². The maximum atomic E-state index is 12.1. The van der Waals surface area contributed by atoms with Crippen molar-refractivity contribution < 1.29 is 14.7 Å². The molecule has 4 nitrogen and oxygen atoms in total. The smallest absolute Gasteiger partial charge is 0.251 e. The molecule has 2 rings (SSSR count). The lowest BCUT2D eigenvalue weighted by Crippen LogP contribution is -2.49. The molecule has 2 aromatic carbocycles. The van der Waals surface area contributed by atoms with Gasteiger partial charge < -0.3 is 15.2 Å². The molecular weight excluding hydrogens is 278 g/mol. The third-order valence-corrected chi connectivity index (χ3v) is 3.50. The number of carbonyl (C=O) groups is 2. The van der Waals surface area contributed by atoms with Gasteiger partial charge in [0.15, 0.2) is 0 Å². The van der Waals surface area contributed by atoms with E-state index in [2.05, 4.69) is 5.32 Å². The molecule has 1 amide bonds. The first-order valence-corrected chi connectivity index (χ1v) is 7.24. The molecule has 22 heavy (non-hydrogen) atoms. The van der Waals surface area contributed by atoms with Gasteiger partial charge in [0.2, 0.25) is 0 Å². The van der Waals surface area contributed by atoms with E-state index in [0.29, 0.717) is 5.56 Å². The number of benzene rings is 2. The van der Waals surface area contributed by atoms with Crippen molar-refractivity contribution in [3.63, 3.8) is 0 Å². The molecule has 0 spiro atoms. The third-order valence-electron chi connectivity index (χ3n) is 3.50. The van der Waals surface area contributed by atoms with Gasteiger partial charge in [0.1, 0.15) is 0 Å². The van der Waals surface area contributed by atoms with Crippen molar-refractivity contribution in [2.24, 2.45) is 0 Å². The predicted molar refractivity (Wildman–Crippen MR) is 82.2 cm³/mol. The standard InChI is InChI=1S/C18H19NO3/c1-2-13-8-10-15(11-9-13)17(20)19-16(18(21)22)12-14-6-4-3-5-7-14/h3-11,16H,2,12H2,1H3,(H,19,20)(H,21,22)/p-1/t16-/m1/s1. The van der Waals surface area contributed by atoms with Crippen molar-refractivity contribution in [3.8, 4) is 0 Å². The van der Waals surface area contributed by atoms with Crippen molar-refractivity contribution in [1.29, 1.82) is 0 Å². The molecule has 0 heterocycles. The Hall–Kier alpha value is -2.62. The van der Waals surface area contributed by atoms with Crippen molar-refractivity contribution in [3.05, 3.63) is 71.3 Å². The summed E-state index contributed by atoms with van der Waals surface area (Å²) in [5.74, 6) is -1.70. The van der Waals surface area contributed by atoms with Gasteiger partial charge in [-0.05, 0) is 36.1 Å². The van der Waals surface area contributed by atoms with E-state index in [0.717, 1.165) is 17.5 Å². The summed E-state index contributed by atoms with van der Waals surface area (Å²) in [4.78, 5) is 23.4. The van der Waals surface area contributed by atoms with Gasteiger partial charge in [-0.15, -0.1) is 0 Å². The summed E-state index contributed by atoms with van der Waals surface area (Å²) in [5.41, 5.74) is 2.40. The Morgan fingerprint density at radius 2 is 1.64 bits per heavy atom. The molecular formula is C18H18NO3-. The molecule has 1 N–H and O–H groups in total. The van der Waals surface area contributed by atoms with E-state index in [-0.39, 0.29) is 6.42 Å². The Labute approximate surface area is 129 Å². The van der Waals surface area contributed by atoms with Crippen LogP contribution in [0.5, 0.6) is 0 Å². The summed E-state index contributed by atoms with van der Waals surface area (Å²) in [6.45, 7) is 2.03. The number of carboxylic acid groups (broad SMARTS) is 1. The normalized spacial score (nSPS) is 11.7. The number of aryl methyl sites for hydroxylation is 1. The molecule has 1 atom stereocenters. The van der Waals surface area contributed by atoms with Crippen LogP contribution in [-0.4, -0.2) is 17.9 Å². The van der Waals surface area contributed by atoms with Crippen LogP contribution in [0.2, 0.25) is 0 Å². The topological polar surface area (TPSA) is 69.2 Å². The first kappa shape index (κ1) is 15.8. The van der Waals surface area contributed by atoms with E-state index >= 15 is 0 Å². The molecule has 2 aromatic rings. The number of nitrogens with one attached hydrogen (secondary N) is 1. The van der Waals surface area contributed by atoms with E-state index < -0.39 is 17.9 Å². The van der Waals surface area contributed by atoms with Gasteiger partial charge in [-0.25, -0.2) is 0 Å². The Kier molecular flexibility index (Phi) is 5.31. The average Bonchev–Trinajstić information content (AvgIpc) is 2.55. The van der Waals surface area contributed by atoms with Crippen LogP contribution in [0.1, 0.15) is 28.4 Å². The minimum absolute atomic E-state index is 0.196. The molecule has 0 bridgehead atoms. The van der Waals surface area contributed by atoms with Gasteiger partial charge in [-0.1, -0.05) is 49.4 Å². The summed E-state index contributed by atoms with van der Waals surface area (Å²) < 4.78 is 0. The minimum Gasteiger partial charge on any atom is -0.548 e. The van der Waals surface area contributed by atoms with Crippen LogP contribution in [0.3, 0.4) is 0 Å². The maximum absolute atomic E-state index is 12.1. The minimum atomic E-state index is -1.29. The van der Waals surface area contributed by atoms with E-state index in [1.807, 2.05) is 49.4 Å². The summed E-state index contributed by atoms with van der Waals surface area (Å²) in [5, 5.41) is 13.8. The molecule has 0 aliphatic heterocycles. The second-order valence-corrected chi connectivity index (χ2v) is 5.09. The van der Waals surface area contributed by atoms with Crippen LogP contribution >= 0.6 is 0 Å². The van der Waals surface area contributed by atoms with E-state index in [1.165, 1.54) is 0 Å². The van der Waals surface area contributed by atoms with Crippen LogP contribution in [0.15, 0.2) is 54.6 Å². The number of aliphatic carboxylic acids is 1. The molecule has 0 aromatic heterocycles. The number of hydrogen-bond acceptors (Lipinski definition) is 3. The molecule has 0 aliphatic carbocycles. The highest BCUT2D eigenvalue weighted by atomic mass is 16.4. The van der Waals surface area contributed by atoms with Gasteiger partial charge in [0, 0.05) is 5.56 Å². The highest BCUT2D eigenvalue weighted by Gasteiger charge is 2.15.